The molecule has 42 heavy (non-hydrogen) atoms. The monoisotopic (exact) mass is 583 g/mol. The lowest BCUT2D eigenvalue weighted by molar-refractivity contribution is -0.115. The van der Waals surface area contributed by atoms with E-state index in [1.807, 2.05) is 6.92 Å². The van der Waals surface area contributed by atoms with Crippen molar-refractivity contribution in [2.45, 2.75) is 24.0 Å². The number of para-hydroxylation sites is 1. The maximum absolute atomic E-state index is 13.9. The molecular weight excluding hydrogens is 553 g/mol. The number of ether oxygens (including phenoxy) is 1. The van der Waals surface area contributed by atoms with Crippen LogP contribution in [0.1, 0.15) is 29.8 Å². The Kier molecular flexibility index (Phi) is 10.5. The number of carbonyl (C=O) groups excluding carboxylic acids is 3. The van der Waals surface area contributed by atoms with E-state index in [-0.39, 0.29) is 17.3 Å². The fourth-order valence-electron chi connectivity index (χ4n) is 3.81. The van der Waals surface area contributed by atoms with Crippen molar-refractivity contribution in [3.05, 3.63) is 126 Å². The standard InChI is InChI=1S/C33H30FN3O4S/c1-3-41-26-17-13-23(14-18-26)21-30(37-32(39)24-9-5-4-6-10-24)33(40)35-25-15-19-27(20-16-25)42-22(2)31(38)36-29-12-8-7-11-28(29)34/h4-22H,3H2,1-2H3,(H,35,40)(H,36,38)(H,37,39)/b30-21-. The molecule has 1 atom stereocenters. The van der Waals surface area contributed by atoms with Crippen LogP contribution in [0.5, 0.6) is 5.75 Å². The van der Waals surface area contributed by atoms with Crippen LogP contribution in [0.25, 0.3) is 6.08 Å². The van der Waals surface area contributed by atoms with Gasteiger partial charge in [-0.05, 0) is 86.2 Å². The Labute approximate surface area is 248 Å². The zero-order chi connectivity index (χ0) is 29.9. The molecule has 3 amide bonds. The van der Waals surface area contributed by atoms with Gasteiger partial charge in [0, 0.05) is 16.1 Å². The van der Waals surface area contributed by atoms with Crippen molar-refractivity contribution in [3.8, 4) is 5.75 Å². The van der Waals surface area contributed by atoms with Crippen molar-refractivity contribution in [2.24, 2.45) is 0 Å². The summed E-state index contributed by atoms with van der Waals surface area (Å²) in [6.07, 6.45) is 1.59. The molecule has 4 aromatic carbocycles. The third-order valence-corrected chi connectivity index (χ3v) is 7.07. The number of carbonyl (C=O) groups is 3. The van der Waals surface area contributed by atoms with Crippen molar-refractivity contribution in [1.29, 1.82) is 0 Å². The van der Waals surface area contributed by atoms with E-state index in [1.165, 1.54) is 23.9 Å². The van der Waals surface area contributed by atoms with Gasteiger partial charge in [-0.1, -0.05) is 42.5 Å². The molecule has 0 aliphatic rings. The topological polar surface area (TPSA) is 96.5 Å². The molecule has 214 valence electrons. The summed E-state index contributed by atoms with van der Waals surface area (Å²) >= 11 is 1.30. The van der Waals surface area contributed by atoms with Gasteiger partial charge < -0.3 is 20.7 Å². The minimum absolute atomic E-state index is 0.0601. The van der Waals surface area contributed by atoms with Gasteiger partial charge in [0.2, 0.25) is 5.91 Å². The SMILES string of the molecule is CCOc1ccc(/C=C(\NC(=O)c2ccccc2)C(=O)Nc2ccc(SC(C)C(=O)Nc3ccccc3F)cc2)cc1. The third-order valence-electron chi connectivity index (χ3n) is 5.96. The molecule has 0 radical (unpaired) electrons. The van der Waals surface area contributed by atoms with Crippen LogP contribution in [0.2, 0.25) is 0 Å². The summed E-state index contributed by atoms with van der Waals surface area (Å²) in [5.41, 5.74) is 1.80. The predicted molar refractivity (Wildman–Crippen MR) is 165 cm³/mol. The molecule has 0 saturated heterocycles. The molecule has 0 aliphatic carbocycles. The van der Waals surface area contributed by atoms with Crippen molar-refractivity contribution in [3.63, 3.8) is 0 Å². The first-order chi connectivity index (χ1) is 20.3. The molecule has 0 fully saturated rings. The second kappa shape index (κ2) is 14.7. The van der Waals surface area contributed by atoms with Crippen molar-refractivity contribution < 1.29 is 23.5 Å². The van der Waals surface area contributed by atoms with Gasteiger partial charge in [-0.2, -0.15) is 0 Å². The summed E-state index contributed by atoms with van der Waals surface area (Å²) in [5.74, 6) is -1.06. The predicted octanol–water partition coefficient (Wildman–Crippen LogP) is 6.75. The Hall–Kier alpha value is -4.89. The maximum atomic E-state index is 13.9. The number of thioether (sulfide) groups is 1. The van der Waals surface area contributed by atoms with Gasteiger partial charge in [0.1, 0.15) is 17.3 Å². The molecule has 0 bridgehead atoms. The third kappa shape index (κ3) is 8.55. The highest BCUT2D eigenvalue weighted by Gasteiger charge is 2.17. The number of hydrogen-bond donors (Lipinski definition) is 3. The van der Waals surface area contributed by atoms with E-state index in [0.717, 1.165) is 4.90 Å². The van der Waals surface area contributed by atoms with Gasteiger partial charge in [-0.25, -0.2) is 4.39 Å². The number of hydrogen-bond acceptors (Lipinski definition) is 5. The summed E-state index contributed by atoms with van der Waals surface area (Å²) in [6, 6.07) is 28.7. The van der Waals surface area contributed by atoms with Crippen molar-refractivity contribution >= 4 is 46.9 Å². The molecule has 9 heteroatoms. The Balaban J connectivity index is 1.44. The molecule has 7 nitrogen and oxygen atoms in total. The van der Waals surface area contributed by atoms with Crippen LogP contribution in [0.4, 0.5) is 15.8 Å². The highest BCUT2D eigenvalue weighted by molar-refractivity contribution is 8.00. The first kappa shape index (κ1) is 30.1. The molecule has 4 aromatic rings. The molecular formula is C33H30FN3O4S. The highest BCUT2D eigenvalue weighted by atomic mass is 32.2. The van der Waals surface area contributed by atoms with E-state index in [4.69, 9.17) is 4.74 Å². The largest absolute Gasteiger partial charge is 0.494 e. The fourth-order valence-corrected chi connectivity index (χ4v) is 4.67. The minimum Gasteiger partial charge on any atom is -0.494 e. The fraction of sp³-hybridized carbons (Fsp3) is 0.121. The first-order valence-corrected chi connectivity index (χ1v) is 14.1. The van der Waals surface area contributed by atoms with Gasteiger partial charge in [0.15, 0.2) is 0 Å². The van der Waals surface area contributed by atoms with Gasteiger partial charge in [-0.3, -0.25) is 14.4 Å². The maximum Gasteiger partial charge on any atom is 0.272 e. The van der Waals surface area contributed by atoms with E-state index < -0.39 is 22.9 Å². The molecule has 0 aromatic heterocycles. The lowest BCUT2D eigenvalue weighted by atomic mass is 10.1. The van der Waals surface area contributed by atoms with E-state index in [0.29, 0.717) is 29.2 Å². The summed E-state index contributed by atoms with van der Waals surface area (Å²) in [4.78, 5) is 39.5. The van der Waals surface area contributed by atoms with Crippen LogP contribution in [0.15, 0.2) is 114 Å². The van der Waals surface area contributed by atoms with Crippen LogP contribution in [0, 0.1) is 5.82 Å². The Morgan fingerprint density at radius 2 is 1.52 bits per heavy atom. The van der Waals surface area contributed by atoms with Crippen LogP contribution in [-0.4, -0.2) is 29.6 Å². The number of amides is 3. The Bertz CT molecular complexity index is 1560. The lowest BCUT2D eigenvalue weighted by Crippen LogP contribution is -2.30. The van der Waals surface area contributed by atoms with Gasteiger partial charge >= 0.3 is 0 Å². The Morgan fingerprint density at radius 1 is 0.857 bits per heavy atom. The van der Waals surface area contributed by atoms with Gasteiger partial charge in [0.05, 0.1) is 17.5 Å². The quantitative estimate of drug-likeness (QED) is 0.134. The molecule has 0 aliphatic heterocycles. The van der Waals surface area contributed by atoms with Crippen LogP contribution in [0.3, 0.4) is 0 Å². The van der Waals surface area contributed by atoms with E-state index >= 15 is 0 Å². The Morgan fingerprint density at radius 3 is 2.19 bits per heavy atom. The first-order valence-electron chi connectivity index (χ1n) is 13.3. The smallest absolute Gasteiger partial charge is 0.272 e. The summed E-state index contributed by atoms with van der Waals surface area (Å²) in [6.45, 7) is 4.16. The van der Waals surface area contributed by atoms with E-state index in [1.54, 1.807) is 104 Å². The summed E-state index contributed by atoms with van der Waals surface area (Å²) < 4.78 is 19.4. The van der Waals surface area contributed by atoms with Gasteiger partial charge in [0.25, 0.3) is 11.8 Å². The molecule has 1 unspecified atom stereocenters. The molecule has 0 saturated carbocycles. The number of anilines is 2. The second-order valence-corrected chi connectivity index (χ2v) is 10.5. The second-order valence-electron chi connectivity index (χ2n) is 9.09. The van der Waals surface area contributed by atoms with Crippen LogP contribution >= 0.6 is 11.8 Å². The van der Waals surface area contributed by atoms with Crippen molar-refractivity contribution in [1.82, 2.24) is 5.32 Å². The number of nitrogens with one attached hydrogen (secondary N) is 3. The highest BCUT2D eigenvalue weighted by Crippen LogP contribution is 2.26. The molecule has 0 heterocycles. The van der Waals surface area contributed by atoms with Crippen LogP contribution < -0.4 is 20.7 Å². The summed E-state index contributed by atoms with van der Waals surface area (Å²) in [5, 5.41) is 7.63. The number of halogens is 1. The molecule has 0 spiro atoms. The summed E-state index contributed by atoms with van der Waals surface area (Å²) in [7, 11) is 0. The molecule has 3 N–H and O–H groups in total. The van der Waals surface area contributed by atoms with Crippen molar-refractivity contribution in [2.75, 3.05) is 17.2 Å². The zero-order valence-electron chi connectivity index (χ0n) is 23.1. The van der Waals surface area contributed by atoms with E-state index in [9.17, 15) is 18.8 Å². The average Bonchev–Trinajstić information content (AvgIpc) is 3.00. The molecule has 4 rings (SSSR count). The average molecular weight is 584 g/mol. The normalized spacial score (nSPS) is 11.7. The zero-order valence-corrected chi connectivity index (χ0v) is 23.9. The number of rotatable bonds is 11. The van der Waals surface area contributed by atoms with E-state index in [2.05, 4.69) is 16.0 Å². The lowest BCUT2D eigenvalue weighted by Gasteiger charge is -2.14. The van der Waals surface area contributed by atoms with Gasteiger partial charge in [-0.15, -0.1) is 11.8 Å². The van der Waals surface area contributed by atoms with Crippen LogP contribution in [-0.2, 0) is 9.59 Å². The minimum atomic E-state index is -0.508. The number of benzene rings is 4.